The first-order valence-electron chi connectivity index (χ1n) is 11.6. The van der Waals surface area contributed by atoms with E-state index in [1.807, 2.05) is 59.5 Å². The molecule has 3 aromatic rings. The Morgan fingerprint density at radius 2 is 1.77 bits per heavy atom. The van der Waals surface area contributed by atoms with Gasteiger partial charge in [-0.3, -0.25) is 9.59 Å². The largest absolute Gasteiger partial charge is 0.457 e. The number of rotatable bonds is 5. The number of primary amides is 1. The van der Waals surface area contributed by atoms with E-state index in [1.165, 1.54) is 0 Å². The molecule has 2 amide bonds. The molecule has 8 heteroatoms. The van der Waals surface area contributed by atoms with Crippen molar-refractivity contribution in [3.8, 4) is 34.6 Å². The van der Waals surface area contributed by atoms with Crippen molar-refractivity contribution < 1.29 is 14.3 Å². The highest BCUT2D eigenvalue weighted by molar-refractivity contribution is 6.03. The Kier molecular flexibility index (Phi) is 5.69. The van der Waals surface area contributed by atoms with Crippen molar-refractivity contribution in [2.75, 3.05) is 18.8 Å². The maximum Gasteiger partial charge on any atom is 0.298 e. The summed E-state index contributed by atoms with van der Waals surface area (Å²) in [4.78, 5) is 26.3. The Morgan fingerprint density at radius 3 is 2.43 bits per heavy atom. The molecule has 1 aliphatic carbocycles. The van der Waals surface area contributed by atoms with Crippen molar-refractivity contribution in [3.05, 3.63) is 60.2 Å². The number of amides is 2. The third-order valence-corrected chi connectivity index (χ3v) is 6.94. The van der Waals surface area contributed by atoms with Gasteiger partial charge in [0.15, 0.2) is 0 Å². The number of carbonyl (C=O) groups is 2. The molecule has 2 aromatic carbocycles. The number of hydrogen-bond acceptors (Lipinski definition) is 5. The summed E-state index contributed by atoms with van der Waals surface area (Å²) in [7, 11) is 0. The summed E-state index contributed by atoms with van der Waals surface area (Å²) in [6.07, 6.45) is 2.60. The van der Waals surface area contributed by atoms with Gasteiger partial charge in [-0.25, -0.2) is 4.68 Å². The number of benzene rings is 2. The monoisotopic (exact) mass is 469 g/mol. The van der Waals surface area contributed by atoms with Gasteiger partial charge in [-0.1, -0.05) is 24.1 Å². The standard InChI is InChI=1S/C27H27N5O3/c1-2-6-22(33)31-14-13-27(17-31)15-19(16-27)32-25(28)23(26(29)34)24(30-32)18-9-11-21(12-10-18)35-20-7-4-3-5-8-20/h3-5,7-12,19H,13-17,28H2,1H3,(H2,29,34)/t19-,27-. The third-order valence-electron chi connectivity index (χ3n) is 6.94. The number of aromatic nitrogens is 2. The van der Waals surface area contributed by atoms with Crippen molar-refractivity contribution in [2.24, 2.45) is 11.1 Å². The van der Waals surface area contributed by atoms with E-state index in [4.69, 9.17) is 21.3 Å². The van der Waals surface area contributed by atoms with Crippen LogP contribution in [-0.2, 0) is 4.79 Å². The molecule has 1 saturated carbocycles. The Balaban J connectivity index is 1.35. The van der Waals surface area contributed by atoms with E-state index < -0.39 is 5.91 Å². The van der Waals surface area contributed by atoms with Gasteiger partial charge < -0.3 is 21.1 Å². The summed E-state index contributed by atoms with van der Waals surface area (Å²) in [5.41, 5.74) is 13.6. The van der Waals surface area contributed by atoms with Crippen LogP contribution < -0.4 is 16.2 Å². The van der Waals surface area contributed by atoms with Crippen LogP contribution in [-0.4, -0.2) is 39.6 Å². The van der Waals surface area contributed by atoms with Crippen molar-refractivity contribution in [2.45, 2.75) is 32.2 Å². The fraction of sp³-hybridized carbons (Fsp3) is 0.296. The van der Waals surface area contributed by atoms with E-state index in [9.17, 15) is 9.59 Å². The summed E-state index contributed by atoms with van der Waals surface area (Å²) < 4.78 is 7.58. The lowest BCUT2D eigenvalue weighted by Crippen LogP contribution is -2.42. The second-order valence-electron chi connectivity index (χ2n) is 9.27. The number of hydrogen-bond donors (Lipinski definition) is 2. The molecule has 4 N–H and O–H groups in total. The van der Waals surface area contributed by atoms with Crippen molar-refractivity contribution in [1.82, 2.24) is 14.7 Å². The second kappa shape index (κ2) is 8.84. The first-order valence-corrected chi connectivity index (χ1v) is 11.6. The first kappa shape index (κ1) is 22.5. The quantitative estimate of drug-likeness (QED) is 0.554. The van der Waals surface area contributed by atoms with Gasteiger partial charge in [0.05, 0.1) is 6.04 Å². The second-order valence-corrected chi connectivity index (χ2v) is 9.27. The summed E-state index contributed by atoms with van der Waals surface area (Å²) in [5.74, 6) is 6.25. The number of nitrogen functional groups attached to an aromatic ring is 1. The van der Waals surface area contributed by atoms with Gasteiger partial charge in [-0.15, -0.1) is 0 Å². The van der Waals surface area contributed by atoms with E-state index in [0.717, 1.165) is 30.6 Å². The lowest BCUT2D eigenvalue weighted by Gasteiger charge is -2.45. The van der Waals surface area contributed by atoms with Crippen LogP contribution in [0.5, 0.6) is 11.5 Å². The molecule has 2 aliphatic rings. The molecule has 178 valence electrons. The van der Waals surface area contributed by atoms with Crippen molar-refractivity contribution >= 4 is 17.6 Å². The molecular weight excluding hydrogens is 442 g/mol. The molecule has 0 bridgehead atoms. The smallest absolute Gasteiger partial charge is 0.298 e. The molecule has 0 unspecified atom stereocenters. The minimum atomic E-state index is -0.613. The normalized spacial score (nSPS) is 20.7. The van der Waals surface area contributed by atoms with Crippen LogP contribution in [0.4, 0.5) is 5.82 Å². The molecule has 0 atom stereocenters. The number of nitrogens with two attached hydrogens (primary N) is 2. The molecular formula is C27H27N5O3. The van der Waals surface area contributed by atoms with E-state index in [0.29, 0.717) is 24.5 Å². The predicted octanol–water partition coefficient (Wildman–Crippen LogP) is 3.60. The zero-order chi connectivity index (χ0) is 24.6. The molecule has 35 heavy (non-hydrogen) atoms. The number of nitrogens with zero attached hydrogens (tertiary/aromatic N) is 3. The molecule has 2 heterocycles. The van der Waals surface area contributed by atoms with E-state index in [2.05, 4.69) is 11.8 Å². The highest BCUT2D eigenvalue weighted by atomic mass is 16.5. The minimum absolute atomic E-state index is 0.0508. The molecule has 0 radical (unpaired) electrons. The van der Waals surface area contributed by atoms with Crippen LogP contribution >= 0.6 is 0 Å². The molecule has 1 saturated heterocycles. The lowest BCUT2D eigenvalue weighted by molar-refractivity contribution is -0.125. The summed E-state index contributed by atoms with van der Waals surface area (Å²) in [5, 5.41) is 4.72. The van der Waals surface area contributed by atoms with Crippen molar-refractivity contribution in [3.63, 3.8) is 0 Å². The maximum atomic E-state index is 12.3. The fourth-order valence-electron chi connectivity index (χ4n) is 5.22. The fourth-order valence-corrected chi connectivity index (χ4v) is 5.22. The Bertz CT molecular complexity index is 1330. The number of carbonyl (C=O) groups excluding carboxylic acids is 2. The van der Waals surface area contributed by atoms with Crippen LogP contribution in [0.1, 0.15) is 42.6 Å². The third kappa shape index (κ3) is 4.21. The average Bonchev–Trinajstić information content (AvgIpc) is 3.42. The van der Waals surface area contributed by atoms with E-state index in [-0.39, 0.29) is 28.7 Å². The number of ether oxygens (including phenoxy) is 1. The summed E-state index contributed by atoms with van der Waals surface area (Å²) >= 11 is 0. The van der Waals surface area contributed by atoms with E-state index >= 15 is 0 Å². The molecule has 5 rings (SSSR count). The Labute approximate surface area is 203 Å². The number of anilines is 1. The van der Waals surface area contributed by atoms with Gasteiger partial charge in [-0.2, -0.15) is 5.10 Å². The average molecular weight is 470 g/mol. The molecule has 8 nitrogen and oxygen atoms in total. The van der Waals surface area contributed by atoms with Crippen LogP contribution in [0.25, 0.3) is 11.3 Å². The Morgan fingerprint density at radius 1 is 1.09 bits per heavy atom. The van der Waals surface area contributed by atoms with Gasteiger partial charge in [0.1, 0.15) is 28.6 Å². The van der Waals surface area contributed by atoms with Gasteiger partial charge in [0.2, 0.25) is 0 Å². The maximum absolute atomic E-state index is 12.3. The molecule has 1 aromatic heterocycles. The molecule has 1 aliphatic heterocycles. The minimum Gasteiger partial charge on any atom is -0.457 e. The number of likely N-dealkylation sites (tertiary alicyclic amines) is 1. The van der Waals surface area contributed by atoms with Gasteiger partial charge >= 0.3 is 0 Å². The van der Waals surface area contributed by atoms with Crippen LogP contribution in [0.3, 0.4) is 0 Å². The molecule has 1 spiro atoms. The highest BCUT2D eigenvalue weighted by Crippen LogP contribution is 2.54. The van der Waals surface area contributed by atoms with Crippen LogP contribution in [0.15, 0.2) is 54.6 Å². The van der Waals surface area contributed by atoms with Crippen LogP contribution in [0.2, 0.25) is 0 Å². The van der Waals surface area contributed by atoms with Gasteiger partial charge in [0.25, 0.3) is 11.8 Å². The number of para-hydroxylation sites is 1. The summed E-state index contributed by atoms with van der Waals surface area (Å²) in [6, 6.07) is 16.9. The molecule has 2 fully saturated rings. The predicted molar refractivity (Wildman–Crippen MR) is 132 cm³/mol. The Hall–Kier alpha value is -4.25. The van der Waals surface area contributed by atoms with Crippen LogP contribution in [0, 0.1) is 17.3 Å². The highest BCUT2D eigenvalue weighted by Gasteiger charge is 2.51. The van der Waals surface area contributed by atoms with Crippen molar-refractivity contribution in [1.29, 1.82) is 0 Å². The van der Waals surface area contributed by atoms with Gasteiger partial charge in [0, 0.05) is 18.7 Å². The SMILES string of the molecule is CC#CC(=O)N1CC[C@]2(C1)C[C@H](n1nc(-c3ccc(Oc4ccccc4)cc3)c(C(N)=O)c1N)C2. The summed E-state index contributed by atoms with van der Waals surface area (Å²) in [6.45, 7) is 3.07. The zero-order valence-corrected chi connectivity index (χ0v) is 19.5. The van der Waals surface area contributed by atoms with E-state index in [1.54, 1.807) is 11.6 Å². The first-order chi connectivity index (χ1) is 16.9. The zero-order valence-electron chi connectivity index (χ0n) is 19.5. The lowest BCUT2D eigenvalue weighted by atomic mass is 9.65. The topological polar surface area (TPSA) is 116 Å². The van der Waals surface area contributed by atoms with Gasteiger partial charge in [-0.05, 0) is 73.9 Å².